The highest BCUT2D eigenvalue weighted by Crippen LogP contribution is 2.30. The lowest BCUT2D eigenvalue weighted by atomic mass is 9.80. The Hall–Kier alpha value is -0.120. The average molecular weight is 240 g/mol. The molecule has 2 aliphatic heterocycles. The Morgan fingerprint density at radius 2 is 2.12 bits per heavy atom. The molecule has 3 nitrogen and oxygen atoms in total. The predicted octanol–water partition coefficient (Wildman–Crippen LogP) is 1.88. The van der Waals surface area contributed by atoms with E-state index >= 15 is 0 Å². The molecule has 2 fully saturated rings. The largest absolute Gasteiger partial charge is 0.377 e. The van der Waals surface area contributed by atoms with Gasteiger partial charge < -0.3 is 15.0 Å². The zero-order valence-electron chi connectivity index (χ0n) is 11.5. The number of likely N-dealkylation sites (tertiary alicyclic amines) is 1. The van der Waals surface area contributed by atoms with Crippen LogP contribution in [0.3, 0.4) is 0 Å². The van der Waals surface area contributed by atoms with E-state index in [1.165, 1.54) is 51.9 Å². The van der Waals surface area contributed by atoms with E-state index in [1.54, 1.807) is 0 Å². The fraction of sp³-hybridized carbons (Fsp3) is 1.00. The van der Waals surface area contributed by atoms with E-state index in [-0.39, 0.29) is 0 Å². The molecule has 3 heteroatoms. The molecule has 1 atom stereocenters. The van der Waals surface area contributed by atoms with Crippen molar-refractivity contribution >= 4 is 0 Å². The molecule has 2 aliphatic rings. The second-order valence-corrected chi connectivity index (χ2v) is 6.02. The van der Waals surface area contributed by atoms with Gasteiger partial charge in [0.1, 0.15) is 0 Å². The van der Waals surface area contributed by atoms with E-state index in [2.05, 4.69) is 24.1 Å². The maximum atomic E-state index is 5.78. The number of nitrogens with one attached hydrogen (secondary N) is 1. The van der Waals surface area contributed by atoms with Gasteiger partial charge in [0.2, 0.25) is 0 Å². The lowest BCUT2D eigenvalue weighted by molar-refractivity contribution is -0.00836. The van der Waals surface area contributed by atoms with Crippen LogP contribution in [-0.2, 0) is 4.74 Å². The zero-order chi connectivity index (χ0) is 12.1. The molecule has 1 unspecified atom stereocenters. The Labute approximate surface area is 106 Å². The number of hydrogen-bond donors (Lipinski definition) is 1. The first-order valence-corrected chi connectivity index (χ1v) is 7.26. The monoisotopic (exact) mass is 240 g/mol. The summed E-state index contributed by atoms with van der Waals surface area (Å²) >= 11 is 0. The topological polar surface area (TPSA) is 24.5 Å². The molecule has 2 saturated heterocycles. The molecule has 17 heavy (non-hydrogen) atoms. The van der Waals surface area contributed by atoms with Gasteiger partial charge in [-0.15, -0.1) is 0 Å². The number of rotatable bonds is 4. The van der Waals surface area contributed by atoms with Gasteiger partial charge in [-0.05, 0) is 57.7 Å². The summed E-state index contributed by atoms with van der Waals surface area (Å²) in [6.07, 6.45) is 5.69. The van der Waals surface area contributed by atoms with Gasteiger partial charge in [-0.2, -0.15) is 0 Å². The lowest BCUT2D eigenvalue weighted by Crippen LogP contribution is -2.47. The van der Waals surface area contributed by atoms with Crippen molar-refractivity contribution in [3.8, 4) is 0 Å². The summed E-state index contributed by atoms with van der Waals surface area (Å²) < 4.78 is 5.78. The van der Waals surface area contributed by atoms with Crippen molar-refractivity contribution in [3.05, 3.63) is 0 Å². The maximum absolute atomic E-state index is 5.78. The quantitative estimate of drug-likeness (QED) is 0.812. The van der Waals surface area contributed by atoms with Crippen LogP contribution in [0.5, 0.6) is 0 Å². The summed E-state index contributed by atoms with van der Waals surface area (Å²) in [6, 6.07) is 0. The SMILES string of the molecule is CCOC1CCCN(CC2(C)CCNCC2)C1. The number of nitrogens with zero attached hydrogens (tertiary/aromatic N) is 1. The van der Waals surface area contributed by atoms with Crippen molar-refractivity contribution in [2.45, 2.75) is 45.6 Å². The number of hydrogen-bond acceptors (Lipinski definition) is 3. The van der Waals surface area contributed by atoms with Crippen LogP contribution in [-0.4, -0.2) is 50.3 Å². The van der Waals surface area contributed by atoms with Gasteiger partial charge in [0, 0.05) is 19.7 Å². The van der Waals surface area contributed by atoms with Gasteiger partial charge >= 0.3 is 0 Å². The Morgan fingerprint density at radius 1 is 1.35 bits per heavy atom. The molecular formula is C14H28N2O. The minimum absolute atomic E-state index is 0.485. The van der Waals surface area contributed by atoms with Crippen molar-refractivity contribution in [2.75, 3.05) is 39.3 Å². The van der Waals surface area contributed by atoms with Crippen LogP contribution in [0, 0.1) is 5.41 Å². The van der Waals surface area contributed by atoms with Crippen LogP contribution in [0.15, 0.2) is 0 Å². The molecule has 100 valence electrons. The Morgan fingerprint density at radius 3 is 2.82 bits per heavy atom. The Kier molecular flexibility index (Phi) is 4.83. The molecule has 1 N–H and O–H groups in total. The first-order valence-electron chi connectivity index (χ1n) is 7.26. The second-order valence-electron chi connectivity index (χ2n) is 6.02. The predicted molar refractivity (Wildman–Crippen MR) is 71.3 cm³/mol. The molecule has 2 heterocycles. The summed E-state index contributed by atoms with van der Waals surface area (Å²) in [5.41, 5.74) is 0.527. The summed E-state index contributed by atoms with van der Waals surface area (Å²) in [7, 11) is 0. The zero-order valence-corrected chi connectivity index (χ0v) is 11.5. The third-order valence-electron chi connectivity index (χ3n) is 4.28. The summed E-state index contributed by atoms with van der Waals surface area (Å²) in [4.78, 5) is 2.63. The molecule has 0 bridgehead atoms. The van der Waals surface area contributed by atoms with E-state index in [0.717, 1.165) is 13.2 Å². The molecular weight excluding hydrogens is 212 g/mol. The van der Waals surface area contributed by atoms with Gasteiger partial charge in [0.15, 0.2) is 0 Å². The molecule has 0 aromatic rings. The number of piperidine rings is 2. The standard InChI is InChI=1S/C14H28N2O/c1-3-17-13-5-4-10-16(11-13)12-14(2)6-8-15-9-7-14/h13,15H,3-12H2,1-2H3. The molecule has 0 saturated carbocycles. The van der Waals surface area contributed by atoms with Crippen molar-refractivity contribution in [1.29, 1.82) is 0 Å². The van der Waals surface area contributed by atoms with Gasteiger partial charge in [-0.3, -0.25) is 0 Å². The summed E-state index contributed by atoms with van der Waals surface area (Å²) in [5, 5.41) is 3.46. The molecule has 0 aromatic carbocycles. The van der Waals surface area contributed by atoms with Crippen LogP contribution >= 0.6 is 0 Å². The first-order chi connectivity index (χ1) is 8.22. The van der Waals surface area contributed by atoms with Gasteiger partial charge in [-0.1, -0.05) is 6.92 Å². The lowest BCUT2D eigenvalue weighted by Gasteiger charge is -2.41. The van der Waals surface area contributed by atoms with Crippen LogP contribution in [0.25, 0.3) is 0 Å². The smallest absolute Gasteiger partial charge is 0.0702 e. The minimum atomic E-state index is 0.485. The molecule has 0 spiro atoms. The maximum Gasteiger partial charge on any atom is 0.0702 e. The molecule has 2 rings (SSSR count). The van der Waals surface area contributed by atoms with E-state index in [9.17, 15) is 0 Å². The first kappa shape index (κ1) is 13.3. The summed E-state index contributed by atoms with van der Waals surface area (Å²) in [6.45, 7) is 11.5. The van der Waals surface area contributed by atoms with Crippen LogP contribution in [0.2, 0.25) is 0 Å². The van der Waals surface area contributed by atoms with E-state index in [1.807, 2.05) is 0 Å². The Balaban J connectivity index is 1.81. The van der Waals surface area contributed by atoms with Crippen molar-refractivity contribution in [2.24, 2.45) is 5.41 Å². The third kappa shape index (κ3) is 3.94. The van der Waals surface area contributed by atoms with E-state index in [4.69, 9.17) is 4.74 Å². The molecule has 0 aliphatic carbocycles. The van der Waals surface area contributed by atoms with Crippen LogP contribution in [0.4, 0.5) is 0 Å². The van der Waals surface area contributed by atoms with Crippen molar-refractivity contribution < 1.29 is 4.74 Å². The average Bonchev–Trinajstić information content (AvgIpc) is 2.30. The van der Waals surface area contributed by atoms with Gasteiger partial charge in [-0.25, -0.2) is 0 Å². The highest BCUT2D eigenvalue weighted by Gasteiger charge is 2.31. The second kappa shape index (κ2) is 6.17. The fourth-order valence-electron chi connectivity index (χ4n) is 3.26. The highest BCUT2D eigenvalue weighted by molar-refractivity contribution is 4.85. The Bertz CT molecular complexity index is 224. The normalized spacial score (nSPS) is 30.4. The third-order valence-corrected chi connectivity index (χ3v) is 4.28. The molecule has 0 amide bonds. The van der Waals surface area contributed by atoms with Crippen molar-refractivity contribution in [1.82, 2.24) is 10.2 Å². The van der Waals surface area contributed by atoms with Crippen LogP contribution < -0.4 is 5.32 Å². The minimum Gasteiger partial charge on any atom is -0.377 e. The number of ether oxygens (including phenoxy) is 1. The highest BCUT2D eigenvalue weighted by atomic mass is 16.5. The van der Waals surface area contributed by atoms with Gasteiger partial charge in [0.05, 0.1) is 6.10 Å². The summed E-state index contributed by atoms with van der Waals surface area (Å²) in [5.74, 6) is 0. The van der Waals surface area contributed by atoms with E-state index < -0.39 is 0 Å². The van der Waals surface area contributed by atoms with Crippen LogP contribution in [0.1, 0.15) is 39.5 Å². The van der Waals surface area contributed by atoms with Crippen molar-refractivity contribution in [3.63, 3.8) is 0 Å². The fourth-order valence-corrected chi connectivity index (χ4v) is 3.26. The van der Waals surface area contributed by atoms with E-state index in [0.29, 0.717) is 11.5 Å². The molecule has 0 aromatic heterocycles. The molecule has 0 radical (unpaired) electrons. The van der Waals surface area contributed by atoms with Gasteiger partial charge in [0.25, 0.3) is 0 Å².